The molecular formula is C21H20ClN3O3S. The Morgan fingerprint density at radius 2 is 2.10 bits per heavy atom. The lowest BCUT2D eigenvalue weighted by Gasteiger charge is -2.07. The third-order valence-corrected chi connectivity index (χ3v) is 4.78. The number of nitrogens with zero attached hydrogens (tertiary/aromatic N) is 2. The summed E-state index contributed by atoms with van der Waals surface area (Å²) in [4.78, 5) is 15.8. The van der Waals surface area contributed by atoms with Gasteiger partial charge in [-0.1, -0.05) is 35.9 Å². The van der Waals surface area contributed by atoms with Gasteiger partial charge in [0.25, 0.3) is 0 Å². The number of hydrazone groups is 1. The molecule has 0 spiro atoms. The van der Waals surface area contributed by atoms with Crippen molar-refractivity contribution in [3.63, 3.8) is 0 Å². The van der Waals surface area contributed by atoms with Gasteiger partial charge in [-0.3, -0.25) is 10.2 Å². The number of nitrogens with one attached hydrogen (secondary N) is 1. The van der Waals surface area contributed by atoms with Crippen molar-refractivity contribution in [1.29, 1.82) is 0 Å². The van der Waals surface area contributed by atoms with Crippen LogP contribution in [-0.4, -0.2) is 23.8 Å². The first-order valence-electron chi connectivity index (χ1n) is 8.99. The normalized spacial score (nSPS) is 10.8. The number of thiazole rings is 1. The summed E-state index contributed by atoms with van der Waals surface area (Å²) in [6, 6.07) is 15.2. The van der Waals surface area contributed by atoms with Gasteiger partial charge >= 0.3 is 5.97 Å². The maximum atomic E-state index is 11.5. The van der Waals surface area contributed by atoms with E-state index in [1.54, 1.807) is 18.5 Å². The van der Waals surface area contributed by atoms with Crippen molar-refractivity contribution in [2.24, 2.45) is 5.10 Å². The summed E-state index contributed by atoms with van der Waals surface area (Å²) in [5.41, 5.74) is 5.45. The van der Waals surface area contributed by atoms with Gasteiger partial charge in [-0.05, 0) is 42.3 Å². The summed E-state index contributed by atoms with van der Waals surface area (Å²) >= 11 is 7.27. The van der Waals surface area contributed by atoms with Crippen LogP contribution in [0.25, 0.3) is 0 Å². The lowest BCUT2D eigenvalue weighted by molar-refractivity contribution is -0.142. The van der Waals surface area contributed by atoms with Gasteiger partial charge in [-0.25, -0.2) is 4.98 Å². The number of hydrogen-bond acceptors (Lipinski definition) is 7. The minimum Gasteiger partial charge on any atom is -0.489 e. The molecule has 0 unspecified atom stereocenters. The van der Waals surface area contributed by atoms with E-state index in [-0.39, 0.29) is 12.4 Å². The highest BCUT2D eigenvalue weighted by Gasteiger charge is 2.07. The van der Waals surface area contributed by atoms with Gasteiger partial charge in [-0.15, -0.1) is 11.3 Å². The molecule has 0 radical (unpaired) electrons. The molecule has 3 rings (SSSR count). The van der Waals surface area contributed by atoms with E-state index in [2.05, 4.69) is 15.5 Å². The number of carbonyl (C=O) groups excluding carboxylic acids is 1. The van der Waals surface area contributed by atoms with Crippen molar-refractivity contribution >= 4 is 40.3 Å². The molecule has 0 aliphatic heterocycles. The van der Waals surface area contributed by atoms with Crippen LogP contribution in [0.5, 0.6) is 5.75 Å². The standard InChI is InChI=1S/C21H20ClN3O3S/c1-2-27-20(26)11-18-14-29-21(24-18)25-23-12-16-4-3-5-19(10-16)28-13-15-6-8-17(22)9-7-15/h3-10,12,14H,2,11,13H2,1H3,(H,24,25). The number of halogens is 1. The zero-order valence-corrected chi connectivity index (χ0v) is 17.4. The first-order chi connectivity index (χ1) is 14.1. The van der Waals surface area contributed by atoms with Crippen LogP contribution in [0.15, 0.2) is 59.0 Å². The van der Waals surface area contributed by atoms with E-state index >= 15 is 0 Å². The van der Waals surface area contributed by atoms with Gasteiger partial charge in [0.05, 0.1) is 24.9 Å². The highest BCUT2D eigenvalue weighted by molar-refractivity contribution is 7.13. The molecule has 0 aliphatic rings. The Morgan fingerprint density at radius 1 is 1.28 bits per heavy atom. The van der Waals surface area contributed by atoms with Crippen LogP contribution in [0.4, 0.5) is 5.13 Å². The van der Waals surface area contributed by atoms with Gasteiger partial charge < -0.3 is 9.47 Å². The predicted molar refractivity (Wildman–Crippen MR) is 116 cm³/mol. The van der Waals surface area contributed by atoms with Crippen molar-refractivity contribution in [2.45, 2.75) is 20.0 Å². The van der Waals surface area contributed by atoms with Crippen molar-refractivity contribution in [3.05, 3.63) is 75.8 Å². The molecule has 0 aliphatic carbocycles. The van der Waals surface area contributed by atoms with Gasteiger partial charge in [0, 0.05) is 10.4 Å². The molecule has 1 aromatic heterocycles. The second-order valence-electron chi connectivity index (χ2n) is 5.98. The molecule has 1 heterocycles. The lowest BCUT2D eigenvalue weighted by Crippen LogP contribution is -2.07. The van der Waals surface area contributed by atoms with Gasteiger partial charge in [0.1, 0.15) is 12.4 Å². The predicted octanol–water partition coefficient (Wildman–Crippen LogP) is 4.93. The smallest absolute Gasteiger partial charge is 0.311 e. The van der Waals surface area contributed by atoms with Gasteiger partial charge in [0.15, 0.2) is 0 Å². The van der Waals surface area contributed by atoms with E-state index in [0.717, 1.165) is 16.9 Å². The molecule has 0 atom stereocenters. The first-order valence-corrected chi connectivity index (χ1v) is 10.2. The molecule has 0 amide bonds. The minimum atomic E-state index is -0.289. The van der Waals surface area contributed by atoms with E-state index < -0.39 is 0 Å². The van der Waals surface area contributed by atoms with Crippen LogP contribution in [-0.2, 0) is 22.6 Å². The molecule has 0 saturated heterocycles. The van der Waals surface area contributed by atoms with Gasteiger partial charge in [-0.2, -0.15) is 5.10 Å². The average molecular weight is 430 g/mol. The zero-order valence-electron chi connectivity index (χ0n) is 15.8. The second-order valence-corrected chi connectivity index (χ2v) is 7.28. The van der Waals surface area contributed by atoms with E-state index in [4.69, 9.17) is 21.1 Å². The topological polar surface area (TPSA) is 72.8 Å². The fourth-order valence-corrected chi connectivity index (χ4v) is 3.18. The van der Waals surface area contributed by atoms with Crippen LogP contribution in [0.3, 0.4) is 0 Å². The van der Waals surface area contributed by atoms with Crippen LogP contribution < -0.4 is 10.2 Å². The fraction of sp³-hybridized carbons (Fsp3) is 0.190. The average Bonchev–Trinajstić information content (AvgIpc) is 3.15. The number of hydrogen-bond donors (Lipinski definition) is 1. The van der Waals surface area contributed by atoms with Crippen molar-refractivity contribution in [3.8, 4) is 5.75 Å². The maximum Gasteiger partial charge on any atom is 0.311 e. The number of carbonyl (C=O) groups is 1. The van der Waals surface area contributed by atoms with Gasteiger partial charge in [0.2, 0.25) is 5.13 Å². The quantitative estimate of drug-likeness (QED) is 0.296. The maximum absolute atomic E-state index is 11.5. The number of ether oxygens (including phenoxy) is 2. The number of esters is 1. The molecule has 150 valence electrons. The summed E-state index contributed by atoms with van der Waals surface area (Å²) < 4.78 is 10.7. The molecule has 1 N–H and O–H groups in total. The Bertz CT molecular complexity index is 973. The number of anilines is 1. The molecule has 3 aromatic rings. The molecule has 0 bridgehead atoms. The number of aromatic nitrogens is 1. The number of benzene rings is 2. The Labute approximate surface area is 178 Å². The Hall–Kier alpha value is -2.90. The Balaban J connectivity index is 1.52. The van der Waals surface area contributed by atoms with Crippen molar-refractivity contribution in [1.82, 2.24) is 4.98 Å². The van der Waals surface area contributed by atoms with E-state index in [1.165, 1.54) is 11.3 Å². The van der Waals surface area contributed by atoms with Crippen LogP contribution in [0.2, 0.25) is 5.02 Å². The summed E-state index contributed by atoms with van der Waals surface area (Å²) in [6.07, 6.45) is 1.84. The molecule has 0 fully saturated rings. The van der Waals surface area contributed by atoms with E-state index in [9.17, 15) is 4.79 Å². The second kappa shape index (κ2) is 10.6. The largest absolute Gasteiger partial charge is 0.489 e. The SMILES string of the molecule is CCOC(=O)Cc1csc(NN=Cc2cccc(OCc3ccc(Cl)cc3)c2)n1. The Kier molecular flexibility index (Phi) is 7.61. The van der Waals surface area contributed by atoms with E-state index in [0.29, 0.717) is 29.1 Å². The third kappa shape index (κ3) is 6.89. The molecule has 8 heteroatoms. The minimum absolute atomic E-state index is 0.155. The fourth-order valence-electron chi connectivity index (χ4n) is 2.39. The van der Waals surface area contributed by atoms with Crippen LogP contribution >= 0.6 is 22.9 Å². The molecule has 2 aromatic carbocycles. The zero-order chi connectivity index (χ0) is 20.5. The highest BCUT2D eigenvalue weighted by Crippen LogP contribution is 2.17. The van der Waals surface area contributed by atoms with Crippen LogP contribution in [0, 0.1) is 0 Å². The van der Waals surface area contributed by atoms with Crippen molar-refractivity contribution < 1.29 is 14.3 Å². The highest BCUT2D eigenvalue weighted by atomic mass is 35.5. The first kappa shape index (κ1) is 20.8. The molecule has 29 heavy (non-hydrogen) atoms. The van der Waals surface area contributed by atoms with Crippen molar-refractivity contribution in [2.75, 3.05) is 12.0 Å². The van der Waals surface area contributed by atoms with E-state index in [1.807, 2.05) is 48.5 Å². The molecule has 0 saturated carbocycles. The summed E-state index contributed by atoms with van der Waals surface area (Å²) in [5.74, 6) is 0.457. The molecular weight excluding hydrogens is 410 g/mol. The van der Waals surface area contributed by atoms with Crippen LogP contribution in [0.1, 0.15) is 23.7 Å². The third-order valence-electron chi connectivity index (χ3n) is 3.73. The lowest BCUT2D eigenvalue weighted by atomic mass is 10.2. The summed E-state index contributed by atoms with van der Waals surface area (Å²) in [5, 5.41) is 7.31. The summed E-state index contributed by atoms with van der Waals surface area (Å²) in [7, 11) is 0. The Morgan fingerprint density at radius 3 is 2.90 bits per heavy atom. The number of rotatable bonds is 9. The molecule has 6 nitrogen and oxygen atoms in total. The monoisotopic (exact) mass is 429 g/mol. The summed E-state index contributed by atoms with van der Waals surface area (Å²) in [6.45, 7) is 2.59.